The number of para-hydroxylation sites is 1. The predicted molar refractivity (Wildman–Crippen MR) is 53.4 cm³/mol. The summed E-state index contributed by atoms with van der Waals surface area (Å²) in [4.78, 5) is 0.878. The molecule has 5 heteroatoms. The summed E-state index contributed by atoms with van der Waals surface area (Å²) in [6.07, 6.45) is 1.68. The van der Waals surface area contributed by atoms with Gasteiger partial charge >= 0.3 is 0 Å². The van der Waals surface area contributed by atoms with Gasteiger partial charge in [0.2, 0.25) is 4.96 Å². The smallest absolute Gasteiger partial charge is 0.217 e. The molecule has 0 radical (unpaired) electrons. The molecule has 0 saturated carbocycles. The van der Waals surface area contributed by atoms with Crippen LogP contribution in [-0.4, -0.2) is 14.6 Å². The minimum atomic E-state index is 0.739. The summed E-state index contributed by atoms with van der Waals surface area (Å²) in [5.41, 5.74) is 0.995. The predicted octanol–water partition coefficient (Wildman–Crippen LogP) is 2.60. The zero-order valence-electron chi connectivity index (χ0n) is 6.44. The van der Waals surface area contributed by atoms with Gasteiger partial charge in [-0.1, -0.05) is 29.0 Å². The fourth-order valence-electron chi connectivity index (χ4n) is 1.36. The Morgan fingerprint density at radius 3 is 3.23 bits per heavy atom. The van der Waals surface area contributed by atoms with E-state index in [1.165, 1.54) is 0 Å². The largest absolute Gasteiger partial charge is 0.271 e. The molecule has 64 valence electrons. The highest BCUT2D eigenvalue weighted by Crippen LogP contribution is 2.29. The molecule has 3 aromatic rings. The lowest BCUT2D eigenvalue weighted by Gasteiger charge is -1.92. The molecule has 0 saturated heterocycles. The Hall–Kier alpha value is -1.13. The Kier molecular flexibility index (Phi) is 1.36. The molecule has 13 heavy (non-hydrogen) atoms. The summed E-state index contributed by atoms with van der Waals surface area (Å²) in [6.45, 7) is 0. The van der Waals surface area contributed by atoms with Crippen molar-refractivity contribution in [3.8, 4) is 0 Å². The highest BCUT2D eigenvalue weighted by molar-refractivity contribution is 7.23. The number of halogens is 1. The molecule has 0 unspecified atom stereocenters. The SMILES string of the molecule is Clc1cccc2sc3nncn3c12. The molecule has 0 N–H and O–H groups in total. The normalized spacial score (nSPS) is 11.5. The monoisotopic (exact) mass is 209 g/mol. The zero-order chi connectivity index (χ0) is 8.84. The van der Waals surface area contributed by atoms with Crippen LogP contribution in [0.25, 0.3) is 15.2 Å². The summed E-state index contributed by atoms with van der Waals surface area (Å²) in [5, 5.41) is 8.53. The van der Waals surface area contributed by atoms with E-state index in [-0.39, 0.29) is 0 Å². The van der Waals surface area contributed by atoms with Gasteiger partial charge in [0.15, 0.2) is 0 Å². The van der Waals surface area contributed by atoms with E-state index in [0.29, 0.717) is 0 Å². The van der Waals surface area contributed by atoms with Gasteiger partial charge < -0.3 is 0 Å². The second-order valence-corrected chi connectivity index (χ2v) is 4.09. The van der Waals surface area contributed by atoms with Gasteiger partial charge in [-0.15, -0.1) is 10.2 Å². The van der Waals surface area contributed by atoms with Gasteiger partial charge in [-0.2, -0.15) is 0 Å². The Labute approximate surface area is 82.6 Å². The summed E-state index contributed by atoms with van der Waals surface area (Å²) >= 11 is 7.65. The van der Waals surface area contributed by atoms with Crippen molar-refractivity contribution in [2.75, 3.05) is 0 Å². The second-order valence-electron chi connectivity index (χ2n) is 2.67. The average molecular weight is 210 g/mol. The molecule has 2 heterocycles. The van der Waals surface area contributed by atoms with Gasteiger partial charge in [0.05, 0.1) is 15.2 Å². The lowest BCUT2D eigenvalue weighted by atomic mass is 10.3. The molecule has 0 amide bonds. The van der Waals surface area contributed by atoms with Gasteiger partial charge in [0, 0.05) is 0 Å². The number of nitrogens with zero attached hydrogens (tertiary/aromatic N) is 3. The van der Waals surface area contributed by atoms with E-state index in [9.17, 15) is 0 Å². The van der Waals surface area contributed by atoms with Gasteiger partial charge in [-0.25, -0.2) is 0 Å². The number of benzene rings is 1. The van der Waals surface area contributed by atoms with E-state index in [2.05, 4.69) is 10.2 Å². The minimum Gasteiger partial charge on any atom is -0.271 e. The van der Waals surface area contributed by atoms with Crippen molar-refractivity contribution in [2.45, 2.75) is 0 Å². The van der Waals surface area contributed by atoms with Crippen molar-refractivity contribution >= 4 is 38.1 Å². The first-order chi connectivity index (χ1) is 6.36. The fraction of sp³-hybridized carbons (Fsp3) is 0. The molecule has 0 aliphatic rings. The maximum atomic E-state index is 6.06. The molecule has 0 spiro atoms. The molecule has 1 aromatic carbocycles. The van der Waals surface area contributed by atoms with Gasteiger partial charge in [0.1, 0.15) is 6.33 Å². The van der Waals surface area contributed by atoms with Crippen LogP contribution in [0.4, 0.5) is 0 Å². The molecule has 2 aromatic heterocycles. The van der Waals surface area contributed by atoms with Crippen LogP contribution >= 0.6 is 22.9 Å². The topological polar surface area (TPSA) is 30.2 Å². The first-order valence-corrected chi connectivity index (χ1v) is 4.92. The number of rotatable bonds is 0. The van der Waals surface area contributed by atoms with E-state index >= 15 is 0 Å². The fourth-order valence-corrected chi connectivity index (χ4v) is 2.65. The molecule has 0 aliphatic heterocycles. The Bertz CT molecular complexity index is 583. The molecule has 3 nitrogen and oxygen atoms in total. The van der Waals surface area contributed by atoms with Crippen LogP contribution < -0.4 is 0 Å². The number of thiazole rings is 1. The van der Waals surface area contributed by atoms with Crippen molar-refractivity contribution in [3.05, 3.63) is 29.5 Å². The molecule has 0 atom stereocenters. The maximum absolute atomic E-state index is 6.06. The Balaban J connectivity index is 2.68. The summed E-state index contributed by atoms with van der Waals surface area (Å²) in [7, 11) is 0. The maximum Gasteiger partial charge on any atom is 0.217 e. The molecule has 0 bridgehead atoms. The Morgan fingerprint density at radius 2 is 2.31 bits per heavy atom. The highest BCUT2D eigenvalue weighted by atomic mass is 35.5. The van der Waals surface area contributed by atoms with Crippen molar-refractivity contribution in [2.24, 2.45) is 0 Å². The molecule has 0 aliphatic carbocycles. The van der Waals surface area contributed by atoms with E-state index < -0.39 is 0 Å². The van der Waals surface area contributed by atoms with E-state index in [1.807, 2.05) is 22.6 Å². The Morgan fingerprint density at radius 1 is 1.38 bits per heavy atom. The first-order valence-electron chi connectivity index (χ1n) is 3.73. The number of hydrogen-bond acceptors (Lipinski definition) is 3. The van der Waals surface area contributed by atoms with Crippen molar-refractivity contribution in [3.63, 3.8) is 0 Å². The summed E-state index contributed by atoms with van der Waals surface area (Å²) in [6, 6.07) is 5.84. The van der Waals surface area contributed by atoms with Gasteiger partial charge in [-0.05, 0) is 12.1 Å². The second kappa shape index (κ2) is 2.43. The highest BCUT2D eigenvalue weighted by Gasteiger charge is 2.07. The van der Waals surface area contributed by atoms with Crippen molar-refractivity contribution in [1.82, 2.24) is 14.6 Å². The number of hydrogen-bond donors (Lipinski definition) is 0. The molecule has 0 fully saturated rings. The third-order valence-electron chi connectivity index (χ3n) is 1.91. The van der Waals surface area contributed by atoms with E-state index in [4.69, 9.17) is 11.6 Å². The standard InChI is InChI=1S/C8H4ClN3S/c9-5-2-1-3-6-7(5)12-4-10-11-8(12)13-6/h1-4H. The van der Waals surface area contributed by atoms with Crippen molar-refractivity contribution < 1.29 is 0 Å². The quantitative estimate of drug-likeness (QED) is 0.570. The van der Waals surface area contributed by atoms with Crippen LogP contribution in [0.5, 0.6) is 0 Å². The van der Waals surface area contributed by atoms with Crippen LogP contribution in [0.1, 0.15) is 0 Å². The molecule has 3 rings (SSSR count). The summed E-state index contributed by atoms with van der Waals surface area (Å²) in [5.74, 6) is 0. The molecular weight excluding hydrogens is 206 g/mol. The van der Waals surface area contributed by atoms with Crippen LogP contribution in [-0.2, 0) is 0 Å². The zero-order valence-corrected chi connectivity index (χ0v) is 8.01. The van der Waals surface area contributed by atoms with E-state index in [1.54, 1.807) is 17.7 Å². The van der Waals surface area contributed by atoms with Crippen LogP contribution in [0.2, 0.25) is 5.02 Å². The lowest BCUT2D eigenvalue weighted by molar-refractivity contribution is 1.11. The van der Waals surface area contributed by atoms with Gasteiger partial charge in [-0.3, -0.25) is 4.40 Å². The third kappa shape index (κ3) is 0.897. The third-order valence-corrected chi connectivity index (χ3v) is 3.22. The van der Waals surface area contributed by atoms with Gasteiger partial charge in [0.25, 0.3) is 0 Å². The average Bonchev–Trinajstić information content (AvgIpc) is 2.62. The minimum absolute atomic E-state index is 0.739. The first kappa shape index (κ1) is 7.29. The van der Waals surface area contributed by atoms with Crippen LogP contribution in [0.3, 0.4) is 0 Å². The van der Waals surface area contributed by atoms with Crippen LogP contribution in [0, 0.1) is 0 Å². The van der Waals surface area contributed by atoms with E-state index in [0.717, 1.165) is 20.2 Å². The molecular formula is C8H4ClN3S. The lowest BCUT2D eigenvalue weighted by Crippen LogP contribution is -1.77. The van der Waals surface area contributed by atoms with Crippen molar-refractivity contribution in [1.29, 1.82) is 0 Å². The van der Waals surface area contributed by atoms with Crippen LogP contribution in [0.15, 0.2) is 24.5 Å². The number of fused-ring (bicyclic) bond motifs is 3. The summed E-state index contributed by atoms with van der Waals surface area (Å²) < 4.78 is 3.04. The number of aromatic nitrogens is 3.